The topological polar surface area (TPSA) is 61.4 Å². The van der Waals surface area contributed by atoms with E-state index < -0.39 is 0 Å². The molecule has 1 aromatic rings. The van der Waals surface area contributed by atoms with Crippen molar-refractivity contribution in [2.45, 2.75) is 19.3 Å². The molecule has 1 aromatic carbocycles. The quantitative estimate of drug-likeness (QED) is 0.746. The van der Waals surface area contributed by atoms with E-state index in [4.69, 9.17) is 0 Å². The number of rotatable bonds is 3. The Balaban J connectivity index is 1.84. The highest BCUT2D eigenvalue weighted by Gasteiger charge is 2.16. The summed E-state index contributed by atoms with van der Waals surface area (Å²) in [4.78, 5) is 11.8. The molecule has 3 N–H and O–H groups in total. The lowest BCUT2D eigenvalue weighted by molar-refractivity contribution is -0.117. The number of anilines is 1. The first-order valence-electron chi connectivity index (χ1n) is 6.03. The van der Waals surface area contributed by atoms with Gasteiger partial charge in [-0.3, -0.25) is 4.79 Å². The fraction of sp³-hybridized carbons (Fsp3) is 0.462. The molecule has 0 aliphatic carbocycles. The number of carbonyl (C=O) groups is 1. The Hall–Kier alpha value is -1.55. The first kappa shape index (κ1) is 11.9. The van der Waals surface area contributed by atoms with Crippen molar-refractivity contribution in [3.63, 3.8) is 0 Å². The van der Waals surface area contributed by atoms with Crippen LogP contribution in [0.25, 0.3) is 0 Å². The lowest BCUT2D eigenvalue weighted by atomic mass is 9.96. The van der Waals surface area contributed by atoms with Crippen LogP contribution in [0.5, 0.6) is 5.75 Å². The van der Waals surface area contributed by atoms with Crippen molar-refractivity contribution >= 4 is 11.6 Å². The number of hydrogen-bond donors (Lipinski definition) is 3. The molecule has 4 heteroatoms. The first-order chi connectivity index (χ1) is 8.24. The number of piperidine rings is 1. The molecule has 2 rings (SSSR count). The van der Waals surface area contributed by atoms with E-state index in [9.17, 15) is 9.90 Å². The second kappa shape index (κ2) is 5.68. The minimum Gasteiger partial charge on any atom is -0.508 e. The summed E-state index contributed by atoms with van der Waals surface area (Å²) in [6, 6.07) is 6.63. The molecule has 0 saturated carbocycles. The summed E-state index contributed by atoms with van der Waals surface area (Å²) in [6.45, 7) is 1.98. The van der Waals surface area contributed by atoms with E-state index in [2.05, 4.69) is 10.6 Å². The number of benzene rings is 1. The van der Waals surface area contributed by atoms with Crippen LogP contribution in [0.1, 0.15) is 19.3 Å². The van der Waals surface area contributed by atoms with Gasteiger partial charge in [0.25, 0.3) is 0 Å². The van der Waals surface area contributed by atoms with Gasteiger partial charge in [-0.2, -0.15) is 0 Å². The molecule has 1 aliphatic heterocycles. The van der Waals surface area contributed by atoms with Crippen LogP contribution in [-0.4, -0.2) is 24.1 Å². The monoisotopic (exact) mass is 234 g/mol. The largest absolute Gasteiger partial charge is 0.508 e. The Bertz CT molecular complexity index is 387. The lowest BCUT2D eigenvalue weighted by Crippen LogP contribution is -2.32. The molecule has 0 spiro atoms. The summed E-state index contributed by atoms with van der Waals surface area (Å²) in [5, 5.41) is 15.4. The minimum absolute atomic E-state index is 0.0179. The van der Waals surface area contributed by atoms with E-state index in [0.29, 0.717) is 18.0 Å². The third-order valence-electron chi connectivity index (χ3n) is 3.00. The van der Waals surface area contributed by atoms with Gasteiger partial charge in [0, 0.05) is 18.2 Å². The number of carbonyl (C=O) groups excluding carboxylic acids is 1. The Morgan fingerprint density at radius 1 is 1.53 bits per heavy atom. The second-order valence-corrected chi connectivity index (χ2v) is 4.52. The van der Waals surface area contributed by atoms with Crippen molar-refractivity contribution in [2.24, 2.45) is 5.92 Å². The molecule has 1 heterocycles. The molecule has 1 aliphatic rings. The number of aromatic hydroxyl groups is 1. The highest BCUT2D eigenvalue weighted by Crippen LogP contribution is 2.18. The molecule has 1 unspecified atom stereocenters. The summed E-state index contributed by atoms with van der Waals surface area (Å²) < 4.78 is 0. The SMILES string of the molecule is O=C(CC1CCCNC1)Nc1cccc(O)c1. The maximum atomic E-state index is 11.8. The van der Waals surface area contributed by atoms with Crippen LogP contribution >= 0.6 is 0 Å². The lowest BCUT2D eigenvalue weighted by Gasteiger charge is -2.22. The van der Waals surface area contributed by atoms with Gasteiger partial charge in [0.05, 0.1) is 0 Å². The van der Waals surface area contributed by atoms with E-state index in [-0.39, 0.29) is 11.7 Å². The maximum absolute atomic E-state index is 11.8. The van der Waals surface area contributed by atoms with E-state index in [1.165, 1.54) is 0 Å². The number of phenols is 1. The molecule has 0 radical (unpaired) electrons. The molecule has 1 amide bonds. The number of nitrogens with one attached hydrogen (secondary N) is 2. The van der Waals surface area contributed by atoms with Gasteiger partial charge in [-0.05, 0) is 44.0 Å². The van der Waals surface area contributed by atoms with E-state index >= 15 is 0 Å². The van der Waals surface area contributed by atoms with Crippen molar-refractivity contribution in [3.8, 4) is 5.75 Å². The molecule has 92 valence electrons. The van der Waals surface area contributed by atoms with E-state index in [0.717, 1.165) is 25.9 Å². The Labute approximate surface area is 101 Å². The summed E-state index contributed by atoms with van der Waals surface area (Å²) in [7, 11) is 0. The molecular weight excluding hydrogens is 216 g/mol. The van der Waals surface area contributed by atoms with Crippen LogP contribution in [-0.2, 0) is 4.79 Å². The number of amides is 1. The Morgan fingerprint density at radius 3 is 3.12 bits per heavy atom. The fourth-order valence-electron chi connectivity index (χ4n) is 2.16. The Morgan fingerprint density at radius 2 is 2.41 bits per heavy atom. The normalized spacial score (nSPS) is 19.9. The van der Waals surface area contributed by atoms with Gasteiger partial charge in [-0.15, -0.1) is 0 Å². The van der Waals surface area contributed by atoms with Gasteiger partial charge >= 0.3 is 0 Å². The third kappa shape index (κ3) is 3.75. The summed E-state index contributed by atoms with van der Waals surface area (Å²) in [6.07, 6.45) is 2.80. The third-order valence-corrected chi connectivity index (χ3v) is 3.00. The van der Waals surface area contributed by atoms with Crippen LogP contribution < -0.4 is 10.6 Å². The smallest absolute Gasteiger partial charge is 0.224 e. The van der Waals surface area contributed by atoms with E-state index in [1.54, 1.807) is 24.3 Å². The van der Waals surface area contributed by atoms with Crippen LogP contribution in [0.15, 0.2) is 24.3 Å². The highest BCUT2D eigenvalue weighted by atomic mass is 16.3. The van der Waals surface area contributed by atoms with Crippen molar-refractivity contribution in [3.05, 3.63) is 24.3 Å². The van der Waals surface area contributed by atoms with Crippen molar-refractivity contribution in [2.75, 3.05) is 18.4 Å². The average Bonchev–Trinajstić information content (AvgIpc) is 2.30. The zero-order valence-electron chi connectivity index (χ0n) is 9.78. The summed E-state index contributed by atoms with van der Waals surface area (Å²) in [5.41, 5.74) is 0.652. The van der Waals surface area contributed by atoms with Crippen LogP contribution in [0.2, 0.25) is 0 Å². The minimum atomic E-state index is 0.0179. The van der Waals surface area contributed by atoms with E-state index in [1.807, 2.05) is 0 Å². The van der Waals surface area contributed by atoms with Gasteiger partial charge in [-0.25, -0.2) is 0 Å². The zero-order chi connectivity index (χ0) is 12.1. The number of hydrogen-bond acceptors (Lipinski definition) is 3. The molecule has 0 bridgehead atoms. The van der Waals surface area contributed by atoms with Gasteiger partial charge in [-0.1, -0.05) is 6.07 Å². The standard InChI is InChI=1S/C13H18N2O2/c16-12-5-1-4-11(8-12)15-13(17)7-10-3-2-6-14-9-10/h1,4-5,8,10,14,16H,2-3,6-7,9H2,(H,15,17). The van der Waals surface area contributed by atoms with Gasteiger partial charge in [0.1, 0.15) is 5.75 Å². The predicted molar refractivity (Wildman–Crippen MR) is 66.9 cm³/mol. The van der Waals surface area contributed by atoms with Crippen LogP contribution in [0.4, 0.5) is 5.69 Å². The predicted octanol–water partition coefficient (Wildman–Crippen LogP) is 1.72. The van der Waals surface area contributed by atoms with Gasteiger partial charge < -0.3 is 15.7 Å². The second-order valence-electron chi connectivity index (χ2n) is 4.52. The van der Waals surface area contributed by atoms with Crippen LogP contribution in [0.3, 0.4) is 0 Å². The molecule has 1 saturated heterocycles. The van der Waals surface area contributed by atoms with Gasteiger partial charge in [0.15, 0.2) is 0 Å². The molecule has 17 heavy (non-hydrogen) atoms. The molecule has 1 atom stereocenters. The molecule has 4 nitrogen and oxygen atoms in total. The fourth-order valence-corrected chi connectivity index (χ4v) is 2.16. The van der Waals surface area contributed by atoms with Gasteiger partial charge in [0.2, 0.25) is 5.91 Å². The summed E-state index contributed by atoms with van der Waals surface area (Å²) >= 11 is 0. The van der Waals surface area contributed by atoms with Crippen molar-refractivity contribution in [1.82, 2.24) is 5.32 Å². The number of phenolic OH excluding ortho intramolecular Hbond substituents is 1. The molecule has 0 aromatic heterocycles. The van der Waals surface area contributed by atoms with Crippen molar-refractivity contribution < 1.29 is 9.90 Å². The maximum Gasteiger partial charge on any atom is 0.224 e. The van der Waals surface area contributed by atoms with Crippen molar-refractivity contribution in [1.29, 1.82) is 0 Å². The first-order valence-corrected chi connectivity index (χ1v) is 6.03. The average molecular weight is 234 g/mol. The zero-order valence-corrected chi connectivity index (χ0v) is 9.78. The molecule has 1 fully saturated rings. The van der Waals surface area contributed by atoms with Crippen LogP contribution in [0, 0.1) is 5.92 Å². The molecular formula is C13H18N2O2. The summed E-state index contributed by atoms with van der Waals surface area (Å²) in [5.74, 6) is 0.618. The highest BCUT2D eigenvalue weighted by molar-refractivity contribution is 5.91. The Kier molecular flexibility index (Phi) is 3.98.